The van der Waals surface area contributed by atoms with Crippen LogP contribution in [0.2, 0.25) is 0 Å². The molecule has 5 aliphatic heterocycles. The molecule has 71 heavy (non-hydrogen) atoms. The SMILES string of the molecule is CCC(O)CN1C=CN(C)C1C.CCC(O)CN1C=CN(CC(CN2C=CN(C(C)(O)Cn3cc[n+](C)c3C)C2C)OCC(O)CN2C=CN(CC(O)CN3C=CN(C)C3C)C2C)C1C.[Cl-].[Cl-].[Cl-].[Cl-].[Cl-].[Cl-]. The van der Waals surface area contributed by atoms with Crippen LogP contribution in [0.15, 0.2) is 74.4 Å². The molecule has 0 bridgehead atoms. The molecule has 0 amide bonds. The Morgan fingerprint density at radius 3 is 1.27 bits per heavy atom. The largest absolute Gasteiger partial charge is 1.00 e. The van der Waals surface area contributed by atoms with Gasteiger partial charge >= 0.3 is 0 Å². The van der Waals surface area contributed by atoms with Crippen LogP contribution in [0.1, 0.15) is 74.1 Å². The molecule has 5 aliphatic rings. The highest BCUT2D eigenvalue weighted by Gasteiger charge is 2.39. The van der Waals surface area contributed by atoms with Crippen molar-refractivity contribution in [1.29, 1.82) is 0 Å². The monoisotopic (exact) mass is 1120 g/mol. The lowest BCUT2D eigenvalue weighted by atomic mass is 10.2. The fraction of sp³-hybridized carbons (Fsp3) is 0.723. The van der Waals surface area contributed by atoms with E-state index in [4.69, 9.17) is 4.74 Å². The topological polar surface area (TPSA) is 152 Å². The Labute approximate surface area is 462 Å². The summed E-state index contributed by atoms with van der Waals surface area (Å²) in [7, 11) is 6.07. The quantitative estimate of drug-likeness (QED) is 0.0700. The number of ether oxygens (including phenoxy) is 1. The van der Waals surface area contributed by atoms with Crippen LogP contribution in [0.25, 0.3) is 0 Å². The molecule has 0 radical (unpaired) electrons. The van der Waals surface area contributed by atoms with Crippen molar-refractivity contribution in [2.45, 2.75) is 149 Å². The summed E-state index contributed by atoms with van der Waals surface area (Å²) < 4.78 is 10.6. The lowest BCUT2D eigenvalue weighted by molar-refractivity contribution is -0.677. The molecule has 0 aliphatic carbocycles. The van der Waals surface area contributed by atoms with Crippen molar-refractivity contribution in [2.75, 3.05) is 66.5 Å². The normalized spacial score (nSPS) is 23.8. The van der Waals surface area contributed by atoms with Crippen LogP contribution < -0.4 is 79.0 Å². The van der Waals surface area contributed by atoms with Crippen LogP contribution >= 0.6 is 0 Å². The number of β-amino-alcohol motifs (C(OH)–C–C–N with tert-alkyl or cyclic N) is 4. The average molecular weight is 1130 g/mol. The van der Waals surface area contributed by atoms with Crippen molar-refractivity contribution >= 4 is 0 Å². The maximum absolute atomic E-state index is 11.7. The van der Waals surface area contributed by atoms with E-state index in [9.17, 15) is 25.5 Å². The summed E-state index contributed by atoms with van der Waals surface area (Å²) in [6.07, 6.45) is 24.0. The number of rotatable bonds is 22. The fourth-order valence-corrected chi connectivity index (χ4v) is 8.83. The zero-order valence-electron chi connectivity index (χ0n) is 43.8. The van der Waals surface area contributed by atoms with Gasteiger partial charge < -0.3 is 154 Å². The number of imidazole rings is 1. The van der Waals surface area contributed by atoms with Crippen LogP contribution in [0.4, 0.5) is 0 Å². The third kappa shape index (κ3) is 18.9. The van der Waals surface area contributed by atoms with Gasteiger partial charge in [-0.05, 0) is 54.4 Å². The van der Waals surface area contributed by atoms with E-state index in [1.807, 2.05) is 126 Å². The van der Waals surface area contributed by atoms with E-state index in [-0.39, 0.29) is 118 Å². The Balaban J connectivity index is 0. The Hall–Kier alpha value is -2.59. The molecule has 0 aromatic carbocycles. The van der Waals surface area contributed by atoms with Crippen LogP contribution in [0, 0.1) is 6.92 Å². The summed E-state index contributed by atoms with van der Waals surface area (Å²) in [6.45, 7) is 22.8. The highest BCUT2D eigenvalue weighted by Crippen LogP contribution is 2.27. The first kappa shape index (κ1) is 70.5. The maximum Gasteiger partial charge on any atom is 0.253 e. The second-order valence-corrected chi connectivity index (χ2v) is 19.0. The van der Waals surface area contributed by atoms with E-state index < -0.39 is 24.0 Å². The number of hydrogen-bond acceptors (Lipinski definition) is 16. The molecule has 6 heterocycles. The molecule has 11 unspecified atom stereocenters. The first-order valence-electron chi connectivity index (χ1n) is 23.7. The van der Waals surface area contributed by atoms with Gasteiger partial charge in [-0.25, -0.2) is 9.13 Å². The molecule has 0 saturated heterocycles. The molecule has 1 aromatic heterocycles. The van der Waals surface area contributed by atoms with Gasteiger partial charge in [0.2, 0.25) is 0 Å². The molecular weight excluding hydrogens is 1040 g/mol. The molecule has 18 nitrogen and oxygen atoms in total. The highest BCUT2D eigenvalue weighted by molar-refractivity contribution is 5.04. The maximum atomic E-state index is 11.7. The Morgan fingerprint density at radius 1 is 0.535 bits per heavy atom. The van der Waals surface area contributed by atoms with Crippen molar-refractivity contribution in [3.63, 3.8) is 0 Å². The van der Waals surface area contributed by atoms with Crippen LogP contribution in [-0.2, 0) is 18.3 Å². The number of aromatic nitrogens is 2. The van der Waals surface area contributed by atoms with E-state index in [1.165, 1.54) is 0 Å². The predicted octanol–water partition coefficient (Wildman–Crippen LogP) is -16.6. The summed E-state index contributed by atoms with van der Waals surface area (Å²) in [6, 6.07) is 0. The first-order valence-corrected chi connectivity index (χ1v) is 23.7. The summed E-state index contributed by atoms with van der Waals surface area (Å²) in [4.78, 5) is 21.2. The second-order valence-electron chi connectivity index (χ2n) is 19.0. The lowest BCUT2D eigenvalue weighted by Gasteiger charge is -2.40. The van der Waals surface area contributed by atoms with Crippen molar-refractivity contribution in [1.82, 2.24) is 53.6 Å². The molecule has 416 valence electrons. The summed E-state index contributed by atoms with van der Waals surface area (Å²) in [5.74, 6) is 1.06. The van der Waals surface area contributed by atoms with Crippen LogP contribution in [0.5, 0.6) is 0 Å². The van der Waals surface area contributed by atoms with E-state index in [0.29, 0.717) is 58.4 Å². The van der Waals surface area contributed by atoms with E-state index in [0.717, 1.165) is 18.8 Å². The van der Waals surface area contributed by atoms with Gasteiger partial charge in [-0.2, -0.15) is 0 Å². The summed E-state index contributed by atoms with van der Waals surface area (Å²) in [5, 5.41) is 53.6. The Bertz CT molecular complexity index is 1810. The molecule has 6 rings (SSSR count). The molecule has 5 N–H and O–H groups in total. The molecule has 0 spiro atoms. The van der Waals surface area contributed by atoms with Gasteiger partial charge in [-0.1, -0.05) is 13.8 Å². The van der Waals surface area contributed by atoms with Crippen molar-refractivity contribution in [3.8, 4) is 0 Å². The van der Waals surface area contributed by atoms with E-state index in [2.05, 4.69) is 89.5 Å². The molecule has 1 aromatic rings. The van der Waals surface area contributed by atoms with Gasteiger partial charge in [0.25, 0.3) is 5.82 Å². The second kappa shape index (κ2) is 32.0. The van der Waals surface area contributed by atoms with Crippen LogP contribution in [0.3, 0.4) is 0 Å². The van der Waals surface area contributed by atoms with Gasteiger partial charge in [-0.3, -0.25) is 0 Å². The molecule has 11 atom stereocenters. The zero-order chi connectivity index (χ0) is 47.7. The average Bonchev–Trinajstić information content (AvgIpc) is 4.12. The minimum atomic E-state index is -1.13. The third-order valence-corrected chi connectivity index (χ3v) is 14.1. The number of nitrogens with zero attached hydrogens (tertiary/aromatic N) is 12. The number of aliphatic hydroxyl groups is 5. The van der Waals surface area contributed by atoms with Gasteiger partial charge in [-0.15, -0.1) is 0 Å². The number of aliphatic hydroxyl groups excluding tert-OH is 4. The van der Waals surface area contributed by atoms with E-state index in [1.54, 1.807) is 0 Å². The Kier molecular flexibility index (Phi) is 31.8. The van der Waals surface area contributed by atoms with Crippen LogP contribution in [-0.4, -0.2) is 213 Å². The van der Waals surface area contributed by atoms with Gasteiger partial charge in [0, 0.05) is 129 Å². The summed E-state index contributed by atoms with van der Waals surface area (Å²) in [5.41, 5.74) is -1.13. The minimum Gasteiger partial charge on any atom is -1.00 e. The molecule has 0 saturated carbocycles. The van der Waals surface area contributed by atoms with E-state index >= 15 is 0 Å². The van der Waals surface area contributed by atoms with Gasteiger partial charge in [0.05, 0.1) is 68.8 Å². The number of hydrogen-bond donors (Lipinski definition) is 5. The zero-order valence-corrected chi connectivity index (χ0v) is 48.3. The molecule has 24 heteroatoms. The molecular formula is C47H85Cl6N12O6-5. The number of halogens is 6. The smallest absolute Gasteiger partial charge is 0.253 e. The predicted molar refractivity (Wildman–Crippen MR) is 253 cm³/mol. The van der Waals surface area contributed by atoms with Crippen molar-refractivity contribution < 1.29 is 109 Å². The summed E-state index contributed by atoms with van der Waals surface area (Å²) >= 11 is 0. The van der Waals surface area contributed by atoms with Crippen molar-refractivity contribution in [2.24, 2.45) is 7.05 Å². The van der Waals surface area contributed by atoms with Gasteiger partial charge in [0.1, 0.15) is 25.1 Å². The standard InChI is InChI=1S/C38H67N10O5.C9H18N2O.6ClH/c1-10-34(49)21-42-17-18-45(32(42)5)25-37(26-46-19-20-48(33(46)6)38(7,52)28-47-14-12-40(9)30(47)3)53-27-36(51)24-44-16-15-43(31(44)4)23-35(50)22-41-13-11-39(8)29(41)2;1-4-9(12)7-11-6-5-10(3)8(11)2;;;;;;/h11-20,29,31-37,49-52H,10,21-28H2,1-9H3;5-6,8-9,12H,4,7H2,1-3H3;6*1H/q+1;;;;;;;/p-6. The van der Waals surface area contributed by atoms with Gasteiger partial charge in [0.15, 0.2) is 5.72 Å². The molecule has 0 fully saturated rings. The minimum absolute atomic E-state index is 0. The van der Waals surface area contributed by atoms with Crippen molar-refractivity contribution in [3.05, 3.63) is 80.2 Å². The number of aryl methyl sites for hydroxylation is 1. The Morgan fingerprint density at radius 2 is 0.887 bits per heavy atom. The third-order valence-electron chi connectivity index (χ3n) is 14.1. The fourth-order valence-electron chi connectivity index (χ4n) is 8.83. The first-order chi connectivity index (χ1) is 30.7. The highest BCUT2D eigenvalue weighted by atomic mass is 35.5. The lowest BCUT2D eigenvalue weighted by Crippen LogP contribution is -3.00.